The van der Waals surface area contributed by atoms with Gasteiger partial charge in [0.1, 0.15) is 11.5 Å². The van der Waals surface area contributed by atoms with Gasteiger partial charge in [0.05, 0.1) is 10.9 Å². The first-order valence-corrected chi connectivity index (χ1v) is 6.23. The molecule has 4 nitrogen and oxygen atoms in total. The Labute approximate surface area is 112 Å². The van der Waals surface area contributed by atoms with E-state index in [0.29, 0.717) is 12.6 Å². The van der Waals surface area contributed by atoms with Gasteiger partial charge < -0.3 is 9.67 Å². The van der Waals surface area contributed by atoms with Crippen LogP contribution in [0.3, 0.4) is 0 Å². The number of hydrogen-bond acceptors (Lipinski definition) is 2. The first kappa shape index (κ1) is 12.8. The average Bonchev–Trinajstić information content (AvgIpc) is 3.15. The van der Waals surface area contributed by atoms with Crippen LogP contribution in [0.15, 0.2) is 23.0 Å². The molecule has 1 aliphatic carbocycles. The Hall–Kier alpha value is -2.24. The second kappa shape index (κ2) is 4.40. The van der Waals surface area contributed by atoms with E-state index in [1.165, 1.54) is 4.57 Å². The number of nitrogens with zero attached hydrogens (tertiary/aromatic N) is 1. The Morgan fingerprint density at radius 2 is 2.00 bits per heavy atom. The molecule has 1 aromatic carbocycles. The van der Waals surface area contributed by atoms with Crippen LogP contribution in [-0.4, -0.2) is 15.6 Å². The van der Waals surface area contributed by atoms with E-state index in [0.717, 1.165) is 25.0 Å². The van der Waals surface area contributed by atoms with Gasteiger partial charge in [-0.2, -0.15) is 0 Å². The summed E-state index contributed by atoms with van der Waals surface area (Å²) in [6.45, 7) is 0.320. The Kier molecular flexibility index (Phi) is 2.81. The average molecular weight is 279 g/mol. The van der Waals surface area contributed by atoms with Crippen molar-refractivity contribution in [2.75, 3.05) is 0 Å². The Balaban J connectivity index is 2.39. The van der Waals surface area contributed by atoms with E-state index in [2.05, 4.69) is 0 Å². The highest BCUT2D eigenvalue weighted by Crippen LogP contribution is 2.32. The molecule has 0 unspecified atom stereocenters. The van der Waals surface area contributed by atoms with Gasteiger partial charge in [-0.15, -0.1) is 0 Å². The fourth-order valence-corrected chi connectivity index (χ4v) is 2.35. The molecule has 0 spiro atoms. The number of hydrogen-bond donors (Lipinski definition) is 1. The van der Waals surface area contributed by atoms with Gasteiger partial charge in [-0.1, -0.05) is 0 Å². The maximum absolute atomic E-state index is 14.0. The first-order valence-electron chi connectivity index (χ1n) is 6.23. The monoisotopic (exact) mass is 279 g/mol. The highest BCUT2D eigenvalue weighted by molar-refractivity contribution is 5.90. The molecule has 1 fully saturated rings. The Morgan fingerprint density at radius 1 is 1.30 bits per heavy atom. The number of fused-ring (bicyclic) bond motifs is 1. The van der Waals surface area contributed by atoms with Crippen LogP contribution in [-0.2, 0) is 6.54 Å². The zero-order valence-electron chi connectivity index (χ0n) is 10.4. The summed E-state index contributed by atoms with van der Waals surface area (Å²) in [5.41, 5.74) is -1.09. The maximum Gasteiger partial charge on any atom is 0.352 e. The molecular weight excluding hydrogens is 268 g/mol. The van der Waals surface area contributed by atoms with Gasteiger partial charge in [0.25, 0.3) is 0 Å². The van der Waals surface area contributed by atoms with Gasteiger partial charge in [0.2, 0.25) is 0 Å². The zero-order valence-corrected chi connectivity index (χ0v) is 10.4. The summed E-state index contributed by atoms with van der Waals surface area (Å²) in [6.07, 6.45) is 1.88. The van der Waals surface area contributed by atoms with Gasteiger partial charge in [-0.05, 0) is 24.8 Å². The summed E-state index contributed by atoms with van der Waals surface area (Å²) in [6, 6.07) is 2.53. The van der Waals surface area contributed by atoms with Crippen LogP contribution in [0.25, 0.3) is 10.9 Å². The van der Waals surface area contributed by atoms with Crippen molar-refractivity contribution in [3.8, 4) is 0 Å². The zero-order chi connectivity index (χ0) is 14.4. The first-order chi connectivity index (χ1) is 9.47. The molecule has 2 aromatic rings. The van der Waals surface area contributed by atoms with Crippen LogP contribution >= 0.6 is 0 Å². The standard InChI is InChI=1S/C14H11F2NO3/c15-8-3-9-12(18)5-11(14(19)20)17(6-7-1-2-7)13(9)10(16)4-8/h3-5,7H,1-2,6H2,(H,19,20). The highest BCUT2D eigenvalue weighted by atomic mass is 19.1. The molecule has 20 heavy (non-hydrogen) atoms. The number of benzene rings is 1. The van der Waals surface area contributed by atoms with Crippen LogP contribution in [0.5, 0.6) is 0 Å². The van der Waals surface area contributed by atoms with Crippen LogP contribution in [0, 0.1) is 17.6 Å². The number of carboxylic acid groups (broad SMARTS) is 1. The minimum atomic E-state index is -1.30. The van der Waals surface area contributed by atoms with Crippen molar-refractivity contribution in [1.29, 1.82) is 0 Å². The van der Waals surface area contributed by atoms with Gasteiger partial charge in [0.15, 0.2) is 11.2 Å². The Morgan fingerprint density at radius 3 is 2.60 bits per heavy atom. The lowest BCUT2D eigenvalue weighted by atomic mass is 10.1. The smallest absolute Gasteiger partial charge is 0.352 e. The minimum absolute atomic E-state index is 0.131. The highest BCUT2D eigenvalue weighted by Gasteiger charge is 2.26. The quantitative estimate of drug-likeness (QED) is 0.938. The third kappa shape index (κ3) is 2.07. The van der Waals surface area contributed by atoms with Crippen molar-refractivity contribution in [1.82, 2.24) is 4.57 Å². The molecule has 0 amide bonds. The lowest BCUT2D eigenvalue weighted by Gasteiger charge is -2.14. The molecule has 1 N–H and O–H groups in total. The van der Waals surface area contributed by atoms with Crippen molar-refractivity contribution >= 4 is 16.9 Å². The van der Waals surface area contributed by atoms with Gasteiger partial charge in [0, 0.05) is 18.7 Å². The molecule has 0 atom stereocenters. The van der Waals surface area contributed by atoms with Crippen LogP contribution < -0.4 is 5.43 Å². The minimum Gasteiger partial charge on any atom is -0.477 e. The summed E-state index contributed by atoms with van der Waals surface area (Å²) in [5.74, 6) is -2.79. The summed E-state index contributed by atoms with van der Waals surface area (Å²) in [7, 11) is 0. The number of aromatic carboxylic acids is 1. The predicted octanol–water partition coefficient (Wildman–Crippen LogP) is 2.39. The molecule has 3 rings (SSSR count). The molecule has 1 saturated carbocycles. The summed E-state index contributed by atoms with van der Waals surface area (Å²) in [5, 5.41) is 9.04. The fourth-order valence-electron chi connectivity index (χ4n) is 2.35. The molecule has 6 heteroatoms. The lowest BCUT2D eigenvalue weighted by Crippen LogP contribution is -2.20. The van der Waals surface area contributed by atoms with Crippen LogP contribution in [0.4, 0.5) is 8.78 Å². The number of carbonyl (C=O) groups is 1. The summed E-state index contributed by atoms with van der Waals surface area (Å²) >= 11 is 0. The molecule has 104 valence electrons. The topological polar surface area (TPSA) is 59.3 Å². The summed E-state index contributed by atoms with van der Waals surface area (Å²) < 4.78 is 28.5. The van der Waals surface area contributed by atoms with E-state index in [-0.39, 0.29) is 22.5 Å². The van der Waals surface area contributed by atoms with E-state index >= 15 is 0 Å². The third-order valence-corrected chi connectivity index (χ3v) is 3.48. The number of pyridine rings is 1. The molecular formula is C14H11F2NO3. The van der Waals surface area contributed by atoms with Gasteiger partial charge in [-0.3, -0.25) is 4.79 Å². The number of aromatic nitrogens is 1. The molecule has 0 saturated heterocycles. The van der Waals surface area contributed by atoms with Crippen molar-refractivity contribution < 1.29 is 18.7 Å². The van der Waals surface area contributed by atoms with Gasteiger partial charge >= 0.3 is 5.97 Å². The van der Waals surface area contributed by atoms with Crippen molar-refractivity contribution in [3.63, 3.8) is 0 Å². The fraction of sp³-hybridized carbons (Fsp3) is 0.286. The lowest BCUT2D eigenvalue weighted by molar-refractivity contribution is 0.0684. The van der Waals surface area contributed by atoms with E-state index < -0.39 is 23.0 Å². The Bertz CT molecular complexity index is 778. The molecule has 0 radical (unpaired) electrons. The van der Waals surface area contributed by atoms with E-state index in [9.17, 15) is 23.5 Å². The SMILES string of the molecule is O=C(O)c1cc(=O)c2cc(F)cc(F)c2n1CC1CC1. The van der Waals surface area contributed by atoms with E-state index in [4.69, 9.17) is 0 Å². The van der Waals surface area contributed by atoms with E-state index in [1.54, 1.807) is 0 Å². The van der Waals surface area contributed by atoms with Crippen molar-refractivity contribution in [2.45, 2.75) is 19.4 Å². The molecule has 0 aliphatic heterocycles. The van der Waals surface area contributed by atoms with Crippen LogP contribution in [0.2, 0.25) is 0 Å². The molecule has 1 aliphatic rings. The van der Waals surface area contributed by atoms with Crippen molar-refractivity contribution in [2.24, 2.45) is 5.92 Å². The second-order valence-corrected chi connectivity index (χ2v) is 5.04. The van der Waals surface area contributed by atoms with Gasteiger partial charge in [-0.25, -0.2) is 13.6 Å². The largest absolute Gasteiger partial charge is 0.477 e. The number of carboxylic acids is 1. The molecule has 1 aromatic heterocycles. The predicted molar refractivity (Wildman–Crippen MR) is 67.8 cm³/mol. The molecule has 0 bridgehead atoms. The van der Waals surface area contributed by atoms with Crippen molar-refractivity contribution in [3.05, 3.63) is 45.8 Å². The number of halogens is 2. The van der Waals surface area contributed by atoms with E-state index in [1.807, 2.05) is 0 Å². The summed E-state index contributed by atoms with van der Waals surface area (Å²) in [4.78, 5) is 23.1. The molecule has 1 heterocycles. The number of rotatable bonds is 3. The normalized spacial score (nSPS) is 14.7. The maximum atomic E-state index is 14.0. The third-order valence-electron chi connectivity index (χ3n) is 3.48. The second-order valence-electron chi connectivity index (χ2n) is 5.04. The van der Waals surface area contributed by atoms with Crippen LogP contribution in [0.1, 0.15) is 23.3 Å².